The fourth-order valence-corrected chi connectivity index (χ4v) is 3.13. The molecule has 148 valence electrons. The van der Waals surface area contributed by atoms with E-state index < -0.39 is 17.8 Å². The van der Waals surface area contributed by atoms with Crippen LogP contribution in [0.4, 0.5) is 0 Å². The Bertz CT molecular complexity index is 860. The number of imide groups is 1. The first-order valence-corrected chi connectivity index (χ1v) is 9.83. The highest BCUT2D eigenvalue weighted by Gasteiger charge is 2.33. The standard InChI is InChI=1S/C22H25NO5/c1-2-3-4-5-6-13-27-19-10-9-16-14-18(8-7-17(16)15-19)22(26)28-23-20(24)11-12-21(23)25/h7-10,14-15H,2-6,11-13H2,1H3. The Hall–Kier alpha value is -2.89. The molecule has 2 amide bonds. The van der Waals surface area contributed by atoms with E-state index in [9.17, 15) is 14.4 Å². The Kier molecular flexibility index (Phi) is 6.63. The summed E-state index contributed by atoms with van der Waals surface area (Å²) in [6.45, 7) is 2.89. The number of rotatable bonds is 9. The van der Waals surface area contributed by atoms with Crippen LogP contribution in [0.3, 0.4) is 0 Å². The number of unbranched alkanes of at least 4 members (excludes halogenated alkanes) is 4. The summed E-state index contributed by atoms with van der Waals surface area (Å²) < 4.78 is 5.81. The summed E-state index contributed by atoms with van der Waals surface area (Å²) in [6.07, 6.45) is 6.10. The van der Waals surface area contributed by atoms with Gasteiger partial charge in [0, 0.05) is 12.8 Å². The molecule has 0 aliphatic carbocycles. The number of nitrogens with zero attached hydrogens (tertiary/aromatic N) is 1. The van der Waals surface area contributed by atoms with E-state index >= 15 is 0 Å². The molecule has 0 radical (unpaired) electrons. The first-order chi connectivity index (χ1) is 13.6. The molecule has 0 spiro atoms. The van der Waals surface area contributed by atoms with Gasteiger partial charge in [0.1, 0.15) is 5.75 Å². The lowest BCUT2D eigenvalue weighted by Gasteiger charge is -2.13. The van der Waals surface area contributed by atoms with Gasteiger partial charge in [-0.3, -0.25) is 9.59 Å². The predicted octanol–water partition coefficient (Wildman–Crippen LogP) is 4.41. The number of amides is 2. The molecule has 1 aliphatic rings. The van der Waals surface area contributed by atoms with Crippen molar-refractivity contribution in [1.82, 2.24) is 5.06 Å². The highest BCUT2D eigenvalue weighted by atomic mass is 16.7. The molecule has 0 unspecified atom stereocenters. The van der Waals surface area contributed by atoms with Crippen LogP contribution in [0, 0.1) is 0 Å². The van der Waals surface area contributed by atoms with Crippen molar-refractivity contribution in [2.75, 3.05) is 6.61 Å². The molecule has 2 aromatic rings. The molecular weight excluding hydrogens is 358 g/mol. The third-order valence-corrected chi connectivity index (χ3v) is 4.74. The zero-order chi connectivity index (χ0) is 19.9. The lowest BCUT2D eigenvalue weighted by molar-refractivity contribution is -0.172. The summed E-state index contributed by atoms with van der Waals surface area (Å²) in [5.74, 6) is -0.907. The summed E-state index contributed by atoms with van der Waals surface area (Å²) in [7, 11) is 0. The van der Waals surface area contributed by atoms with Gasteiger partial charge >= 0.3 is 5.97 Å². The van der Waals surface area contributed by atoms with Gasteiger partial charge in [-0.15, -0.1) is 5.06 Å². The molecule has 1 saturated heterocycles. The number of ether oxygens (including phenoxy) is 1. The molecule has 2 aromatic carbocycles. The second-order valence-corrected chi connectivity index (χ2v) is 6.95. The Morgan fingerprint density at radius 3 is 2.36 bits per heavy atom. The van der Waals surface area contributed by atoms with Crippen LogP contribution in [0.15, 0.2) is 36.4 Å². The molecule has 6 heteroatoms. The molecule has 1 aliphatic heterocycles. The second-order valence-electron chi connectivity index (χ2n) is 6.95. The lowest BCUT2D eigenvalue weighted by atomic mass is 10.1. The molecule has 1 fully saturated rings. The Labute approximate surface area is 164 Å². The molecule has 0 atom stereocenters. The van der Waals surface area contributed by atoms with Gasteiger partial charge in [0.25, 0.3) is 11.8 Å². The number of carbonyl (C=O) groups is 3. The largest absolute Gasteiger partial charge is 0.494 e. The highest BCUT2D eigenvalue weighted by molar-refractivity contribution is 6.03. The van der Waals surface area contributed by atoms with Gasteiger partial charge in [0.15, 0.2) is 0 Å². The van der Waals surface area contributed by atoms with Crippen LogP contribution in [0.1, 0.15) is 62.2 Å². The molecule has 3 rings (SSSR count). The van der Waals surface area contributed by atoms with Gasteiger partial charge in [0.2, 0.25) is 0 Å². The first kappa shape index (κ1) is 19.9. The average Bonchev–Trinajstić information content (AvgIpc) is 3.02. The maximum atomic E-state index is 12.3. The van der Waals surface area contributed by atoms with Crippen molar-refractivity contribution >= 4 is 28.6 Å². The van der Waals surface area contributed by atoms with E-state index in [1.54, 1.807) is 18.2 Å². The van der Waals surface area contributed by atoms with Crippen molar-refractivity contribution in [2.24, 2.45) is 0 Å². The van der Waals surface area contributed by atoms with Crippen LogP contribution >= 0.6 is 0 Å². The van der Waals surface area contributed by atoms with Gasteiger partial charge in [-0.1, -0.05) is 44.7 Å². The van der Waals surface area contributed by atoms with E-state index in [1.165, 1.54) is 25.7 Å². The van der Waals surface area contributed by atoms with Gasteiger partial charge in [0.05, 0.1) is 12.2 Å². The van der Waals surface area contributed by atoms with Crippen LogP contribution < -0.4 is 4.74 Å². The molecule has 0 bridgehead atoms. The molecule has 0 aromatic heterocycles. The maximum absolute atomic E-state index is 12.3. The zero-order valence-corrected chi connectivity index (χ0v) is 16.1. The molecule has 0 N–H and O–H groups in total. The van der Waals surface area contributed by atoms with Crippen molar-refractivity contribution in [3.8, 4) is 5.75 Å². The summed E-state index contributed by atoms with van der Waals surface area (Å²) in [5, 5.41) is 2.35. The minimum absolute atomic E-state index is 0.0746. The Morgan fingerprint density at radius 2 is 1.61 bits per heavy atom. The normalized spacial score (nSPS) is 14.0. The van der Waals surface area contributed by atoms with E-state index in [2.05, 4.69) is 6.92 Å². The Morgan fingerprint density at radius 1 is 0.929 bits per heavy atom. The fourth-order valence-electron chi connectivity index (χ4n) is 3.13. The molecular formula is C22H25NO5. The van der Waals surface area contributed by atoms with Crippen LogP contribution in [0.25, 0.3) is 10.8 Å². The SMILES string of the molecule is CCCCCCCOc1ccc2cc(C(=O)ON3C(=O)CCC3=O)ccc2c1. The molecule has 0 saturated carbocycles. The highest BCUT2D eigenvalue weighted by Crippen LogP contribution is 2.23. The van der Waals surface area contributed by atoms with E-state index in [-0.39, 0.29) is 18.4 Å². The van der Waals surface area contributed by atoms with Crippen LogP contribution in [-0.2, 0) is 14.4 Å². The monoisotopic (exact) mass is 383 g/mol. The minimum atomic E-state index is -0.724. The van der Waals surface area contributed by atoms with Crippen molar-refractivity contribution < 1.29 is 24.0 Å². The first-order valence-electron chi connectivity index (χ1n) is 9.83. The van der Waals surface area contributed by atoms with Gasteiger partial charge in [-0.25, -0.2) is 4.79 Å². The fraction of sp³-hybridized carbons (Fsp3) is 0.409. The molecule has 28 heavy (non-hydrogen) atoms. The molecule has 6 nitrogen and oxygen atoms in total. The zero-order valence-electron chi connectivity index (χ0n) is 16.1. The summed E-state index contributed by atoms with van der Waals surface area (Å²) in [4.78, 5) is 40.4. The number of fused-ring (bicyclic) bond motifs is 1. The summed E-state index contributed by atoms with van der Waals surface area (Å²) >= 11 is 0. The van der Waals surface area contributed by atoms with Crippen molar-refractivity contribution in [1.29, 1.82) is 0 Å². The van der Waals surface area contributed by atoms with Crippen LogP contribution in [0.5, 0.6) is 5.75 Å². The number of hydrogen-bond acceptors (Lipinski definition) is 5. The smallest absolute Gasteiger partial charge is 0.363 e. The number of hydrogen-bond donors (Lipinski definition) is 0. The van der Waals surface area contributed by atoms with E-state index in [0.717, 1.165) is 22.9 Å². The van der Waals surface area contributed by atoms with E-state index in [0.29, 0.717) is 11.7 Å². The van der Waals surface area contributed by atoms with Crippen molar-refractivity contribution in [3.63, 3.8) is 0 Å². The third-order valence-electron chi connectivity index (χ3n) is 4.74. The van der Waals surface area contributed by atoms with Gasteiger partial charge in [-0.2, -0.15) is 0 Å². The quantitative estimate of drug-likeness (QED) is 0.474. The predicted molar refractivity (Wildman–Crippen MR) is 105 cm³/mol. The van der Waals surface area contributed by atoms with Crippen LogP contribution in [0.2, 0.25) is 0 Å². The van der Waals surface area contributed by atoms with Gasteiger partial charge in [-0.05, 0) is 41.5 Å². The van der Waals surface area contributed by atoms with Crippen LogP contribution in [-0.4, -0.2) is 29.5 Å². The number of benzene rings is 2. The van der Waals surface area contributed by atoms with Crippen molar-refractivity contribution in [3.05, 3.63) is 42.0 Å². The lowest BCUT2D eigenvalue weighted by Crippen LogP contribution is -2.32. The number of carbonyl (C=O) groups excluding carboxylic acids is 3. The maximum Gasteiger partial charge on any atom is 0.363 e. The third kappa shape index (κ3) is 4.88. The van der Waals surface area contributed by atoms with E-state index in [1.807, 2.05) is 18.2 Å². The molecule has 1 heterocycles. The van der Waals surface area contributed by atoms with Gasteiger partial charge < -0.3 is 9.57 Å². The topological polar surface area (TPSA) is 72.9 Å². The van der Waals surface area contributed by atoms with E-state index in [4.69, 9.17) is 9.57 Å². The minimum Gasteiger partial charge on any atom is -0.494 e. The summed E-state index contributed by atoms with van der Waals surface area (Å²) in [6, 6.07) is 10.8. The van der Waals surface area contributed by atoms with Crippen molar-refractivity contribution in [2.45, 2.75) is 51.9 Å². The average molecular weight is 383 g/mol. The number of hydroxylamine groups is 2. The second kappa shape index (κ2) is 9.35. The Balaban J connectivity index is 1.60. The summed E-state index contributed by atoms with van der Waals surface area (Å²) in [5.41, 5.74) is 0.282.